The third-order valence-electron chi connectivity index (χ3n) is 7.35. The lowest BCUT2D eigenvalue weighted by Gasteiger charge is -2.39. The van der Waals surface area contributed by atoms with Crippen molar-refractivity contribution in [1.82, 2.24) is 0 Å². The Balaban J connectivity index is 1.26. The van der Waals surface area contributed by atoms with Crippen molar-refractivity contribution in [1.29, 1.82) is 0 Å². The first-order valence-corrected chi connectivity index (χ1v) is 13.0. The number of carbonyl (C=O) groups is 1. The topological polar surface area (TPSA) is 225 Å². The molecule has 2 aromatic rings. The summed E-state index contributed by atoms with van der Waals surface area (Å²) in [6, 6.07) is 10.7. The summed E-state index contributed by atoms with van der Waals surface area (Å²) in [6.07, 6.45) is -15.1. The van der Waals surface area contributed by atoms with E-state index in [1.807, 2.05) is 0 Å². The molecule has 8 N–H and O–H groups in total. The van der Waals surface area contributed by atoms with Crippen LogP contribution in [0.25, 0.3) is 0 Å². The van der Waals surface area contributed by atoms with Crippen molar-refractivity contribution >= 4 is 5.78 Å². The summed E-state index contributed by atoms with van der Waals surface area (Å²) in [4.78, 5) is 12.9. The molecule has 14 heteroatoms. The molecule has 0 aliphatic carbocycles. The van der Waals surface area contributed by atoms with Crippen LogP contribution in [0.3, 0.4) is 0 Å². The molecule has 224 valence electrons. The van der Waals surface area contributed by atoms with E-state index >= 15 is 0 Å². The van der Waals surface area contributed by atoms with Gasteiger partial charge in [-0.1, -0.05) is 12.1 Å². The quantitative estimate of drug-likeness (QED) is 0.173. The molecular formula is C27H32O14. The van der Waals surface area contributed by atoms with Gasteiger partial charge in [-0.2, -0.15) is 0 Å². The molecular weight excluding hydrogens is 548 g/mol. The summed E-state index contributed by atoms with van der Waals surface area (Å²) >= 11 is 0. The predicted octanol–water partition coefficient (Wildman–Crippen LogP) is -2.25. The first-order valence-electron chi connectivity index (χ1n) is 13.0. The summed E-state index contributed by atoms with van der Waals surface area (Å²) in [5.74, 6) is 0.396. The van der Waals surface area contributed by atoms with Crippen molar-refractivity contribution in [3.05, 3.63) is 53.6 Å². The Bertz CT molecular complexity index is 1200. The van der Waals surface area contributed by atoms with Crippen LogP contribution in [0.1, 0.15) is 28.4 Å². The molecule has 0 bridgehead atoms. The van der Waals surface area contributed by atoms with E-state index in [4.69, 9.17) is 23.7 Å². The van der Waals surface area contributed by atoms with Crippen molar-refractivity contribution in [2.75, 3.05) is 13.2 Å². The molecule has 0 amide bonds. The van der Waals surface area contributed by atoms with Crippen LogP contribution in [0.5, 0.6) is 17.2 Å². The number of ketones is 1. The molecule has 5 rings (SSSR count). The summed E-state index contributed by atoms with van der Waals surface area (Å²) in [5, 5.41) is 79.0. The lowest BCUT2D eigenvalue weighted by molar-refractivity contribution is -0.277. The minimum Gasteiger partial charge on any atom is -0.484 e. The fraction of sp³-hybridized carbons (Fsp3) is 0.519. The zero-order valence-corrected chi connectivity index (χ0v) is 21.5. The van der Waals surface area contributed by atoms with Crippen LogP contribution in [-0.4, -0.2) is 121 Å². The van der Waals surface area contributed by atoms with Crippen molar-refractivity contribution in [3.8, 4) is 17.2 Å². The number of hydrogen-bond acceptors (Lipinski definition) is 14. The zero-order valence-electron chi connectivity index (χ0n) is 21.5. The molecule has 14 nitrogen and oxygen atoms in total. The minimum absolute atomic E-state index is 0.0346. The molecule has 2 saturated heterocycles. The molecule has 11 atom stereocenters. The van der Waals surface area contributed by atoms with E-state index in [0.717, 1.165) is 0 Å². The number of ether oxygens (including phenoxy) is 5. The number of fused-ring (bicyclic) bond motifs is 1. The molecule has 41 heavy (non-hydrogen) atoms. The van der Waals surface area contributed by atoms with Gasteiger partial charge in [0, 0.05) is 6.07 Å². The number of aliphatic hydroxyl groups excluding tert-OH is 8. The Morgan fingerprint density at radius 3 is 1.73 bits per heavy atom. The van der Waals surface area contributed by atoms with E-state index in [2.05, 4.69) is 0 Å². The molecule has 0 aromatic heterocycles. The summed E-state index contributed by atoms with van der Waals surface area (Å²) in [6.45, 7) is -1.20. The molecule has 2 fully saturated rings. The third-order valence-corrected chi connectivity index (χ3v) is 7.35. The van der Waals surface area contributed by atoms with Crippen molar-refractivity contribution < 1.29 is 69.3 Å². The number of rotatable bonds is 7. The molecule has 3 aliphatic heterocycles. The van der Waals surface area contributed by atoms with Crippen LogP contribution in [0.15, 0.2) is 42.5 Å². The van der Waals surface area contributed by atoms with Gasteiger partial charge in [0.1, 0.15) is 72.2 Å². The largest absolute Gasteiger partial charge is 0.484 e. The lowest BCUT2D eigenvalue weighted by Crippen LogP contribution is -2.60. The van der Waals surface area contributed by atoms with Gasteiger partial charge in [0.25, 0.3) is 0 Å². The fourth-order valence-corrected chi connectivity index (χ4v) is 4.92. The second-order valence-corrected chi connectivity index (χ2v) is 10.1. The highest BCUT2D eigenvalue weighted by Crippen LogP contribution is 2.38. The highest BCUT2D eigenvalue weighted by Gasteiger charge is 2.46. The number of hydrogen-bond donors (Lipinski definition) is 8. The molecule has 3 aliphatic rings. The zero-order chi connectivity index (χ0) is 29.4. The Morgan fingerprint density at radius 1 is 0.683 bits per heavy atom. The fourth-order valence-electron chi connectivity index (χ4n) is 4.92. The maximum atomic E-state index is 12.9. The first kappa shape index (κ1) is 29.6. The highest BCUT2D eigenvalue weighted by molar-refractivity contribution is 6.00. The summed E-state index contributed by atoms with van der Waals surface area (Å²) in [7, 11) is 0. The van der Waals surface area contributed by atoms with Crippen LogP contribution in [-0.2, 0) is 9.47 Å². The second kappa shape index (κ2) is 12.1. The maximum absolute atomic E-state index is 12.9. The standard InChI is InChI=1S/C27H32O14/c28-9-18-20(31)22(33)24(35)26(40-18)37-12-3-1-11(2-4-12)16-8-15(30)14-6-5-13(7-17(14)39-16)38-27-25(36)23(34)21(32)19(10-29)41-27/h1-7,16,18-29,31-36H,8-10H2/t16?,18-,19-,20-,21-,22+,23+,24-,25-,26-,27-/m1/s1. The lowest BCUT2D eigenvalue weighted by atomic mass is 9.96. The Hall–Kier alpha value is -2.89. The van der Waals surface area contributed by atoms with Gasteiger partial charge in [0.2, 0.25) is 12.6 Å². The average molecular weight is 581 g/mol. The van der Waals surface area contributed by atoms with E-state index in [0.29, 0.717) is 11.1 Å². The molecule has 2 aromatic carbocycles. The summed E-state index contributed by atoms with van der Waals surface area (Å²) in [5.41, 5.74) is 0.926. The first-order chi connectivity index (χ1) is 19.6. The number of Topliss-reactive ketones (excluding diaryl/α,β-unsaturated/α-hetero) is 1. The summed E-state index contributed by atoms with van der Waals surface area (Å²) < 4.78 is 28.0. The normalized spacial score (nSPS) is 37.2. The van der Waals surface area contributed by atoms with Crippen molar-refractivity contribution in [2.24, 2.45) is 0 Å². The number of carbonyl (C=O) groups excluding carboxylic acids is 1. The van der Waals surface area contributed by atoms with E-state index in [-0.39, 0.29) is 29.5 Å². The van der Waals surface area contributed by atoms with Gasteiger partial charge in [0.05, 0.1) is 25.2 Å². The van der Waals surface area contributed by atoms with Crippen LogP contribution in [0.2, 0.25) is 0 Å². The SMILES string of the molecule is O=C1CC(c2ccc(O[C@@H]3O[C@H](CO)[C@@H](O)[C@H](O)[C@H]3O)cc2)Oc2cc(O[C@@H]3O[C@H](CO)[C@@H](O)[C@H](O)[C@H]3O)ccc21. The van der Waals surface area contributed by atoms with Crippen molar-refractivity contribution in [3.63, 3.8) is 0 Å². The molecule has 3 heterocycles. The minimum atomic E-state index is -1.61. The molecule has 0 spiro atoms. The van der Waals surface area contributed by atoms with Crippen molar-refractivity contribution in [2.45, 2.75) is 73.9 Å². The number of benzene rings is 2. The van der Waals surface area contributed by atoms with Crippen LogP contribution < -0.4 is 14.2 Å². The van der Waals surface area contributed by atoms with Gasteiger partial charge < -0.3 is 64.5 Å². The van der Waals surface area contributed by atoms with E-state index in [9.17, 15) is 45.6 Å². The van der Waals surface area contributed by atoms with Crippen LogP contribution in [0, 0.1) is 0 Å². The Morgan fingerprint density at radius 2 is 1.20 bits per heavy atom. The Labute approximate surface area is 233 Å². The number of aliphatic hydroxyl groups is 8. The van der Waals surface area contributed by atoms with Gasteiger partial charge >= 0.3 is 0 Å². The van der Waals surface area contributed by atoms with Gasteiger partial charge in [0.15, 0.2) is 5.78 Å². The van der Waals surface area contributed by atoms with Crippen LogP contribution in [0.4, 0.5) is 0 Å². The third kappa shape index (κ3) is 5.89. The van der Waals surface area contributed by atoms with Gasteiger partial charge in [-0.25, -0.2) is 0 Å². The van der Waals surface area contributed by atoms with Gasteiger partial charge in [-0.15, -0.1) is 0 Å². The second-order valence-electron chi connectivity index (χ2n) is 10.1. The van der Waals surface area contributed by atoms with Crippen LogP contribution >= 0.6 is 0 Å². The molecule has 1 unspecified atom stereocenters. The van der Waals surface area contributed by atoms with E-state index in [1.54, 1.807) is 24.3 Å². The monoisotopic (exact) mass is 580 g/mol. The van der Waals surface area contributed by atoms with Gasteiger partial charge in [-0.05, 0) is 29.8 Å². The Kier molecular flexibility index (Phi) is 8.77. The van der Waals surface area contributed by atoms with E-state index < -0.39 is 80.7 Å². The smallest absolute Gasteiger partial charge is 0.229 e. The van der Waals surface area contributed by atoms with Gasteiger partial charge in [-0.3, -0.25) is 4.79 Å². The molecule has 0 radical (unpaired) electrons. The van der Waals surface area contributed by atoms with E-state index in [1.165, 1.54) is 18.2 Å². The highest BCUT2D eigenvalue weighted by atomic mass is 16.7. The molecule has 0 saturated carbocycles. The predicted molar refractivity (Wildman–Crippen MR) is 134 cm³/mol. The maximum Gasteiger partial charge on any atom is 0.229 e. The average Bonchev–Trinajstić information content (AvgIpc) is 2.97.